The van der Waals surface area contributed by atoms with Crippen LogP contribution in [0, 0.1) is 6.92 Å². The number of carbonyl (C=O) groups excluding carboxylic acids is 1. The Labute approximate surface area is 204 Å². The minimum absolute atomic E-state index is 0.139. The van der Waals surface area contributed by atoms with Crippen molar-refractivity contribution < 1.29 is 23.7 Å². The zero-order valence-corrected chi connectivity index (χ0v) is 20.3. The molecule has 6 heteroatoms. The number of hydrogen-bond acceptors (Lipinski definition) is 5. The van der Waals surface area contributed by atoms with Crippen molar-refractivity contribution in [3.8, 4) is 23.0 Å². The SMILES string of the molecule is CCn1cc(C=C2Oc3c(ccc(OCc4ccccc4OC)c3C)C2=O)c2cc(OC)ccc21. The summed E-state index contributed by atoms with van der Waals surface area (Å²) in [5.74, 6) is 2.89. The molecular formula is C29H27NO5. The van der Waals surface area contributed by atoms with Crippen molar-refractivity contribution in [1.82, 2.24) is 4.57 Å². The number of rotatable bonds is 7. The Hall–Kier alpha value is -4.19. The van der Waals surface area contributed by atoms with Gasteiger partial charge in [-0.3, -0.25) is 4.79 Å². The average molecular weight is 470 g/mol. The number of carbonyl (C=O) groups is 1. The molecular weight excluding hydrogens is 442 g/mol. The van der Waals surface area contributed by atoms with E-state index in [0.717, 1.165) is 45.6 Å². The van der Waals surface area contributed by atoms with E-state index < -0.39 is 0 Å². The van der Waals surface area contributed by atoms with Crippen LogP contribution >= 0.6 is 0 Å². The van der Waals surface area contributed by atoms with Crippen molar-refractivity contribution in [2.45, 2.75) is 27.0 Å². The predicted molar refractivity (Wildman–Crippen MR) is 136 cm³/mol. The van der Waals surface area contributed by atoms with Gasteiger partial charge in [-0.05, 0) is 56.3 Å². The van der Waals surface area contributed by atoms with Crippen LogP contribution in [0.5, 0.6) is 23.0 Å². The highest BCUT2D eigenvalue weighted by atomic mass is 16.5. The maximum absolute atomic E-state index is 13.2. The normalized spacial score (nSPS) is 13.7. The Bertz CT molecular complexity index is 1460. The predicted octanol–water partition coefficient (Wildman–Crippen LogP) is 6.18. The number of fused-ring (bicyclic) bond motifs is 2. The highest BCUT2D eigenvalue weighted by Gasteiger charge is 2.30. The van der Waals surface area contributed by atoms with Crippen LogP contribution in [0.25, 0.3) is 17.0 Å². The molecule has 0 atom stereocenters. The van der Waals surface area contributed by atoms with Crippen LogP contribution < -0.4 is 18.9 Å². The zero-order chi connectivity index (χ0) is 24.5. The molecule has 1 aliphatic rings. The summed E-state index contributed by atoms with van der Waals surface area (Å²) in [5, 5.41) is 1.00. The summed E-state index contributed by atoms with van der Waals surface area (Å²) in [6, 6.07) is 17.3. The molecule has 0 bridgehead atoms. The van der Waals surface area contributed by atoms with Crippen molar-refractivity contribution in [2.75, 3.05) is 14.2 Å². The van der Waals surface area contributed by atoms with Crippen LogP contribution in [0.2, 0.25) is 0 Å². The summed E-state index contributed by atoms with van der Waals surface area (Å²) in [6.45, 7) is 5.15. The first kappa shape index (κ1) is 22.6. The Morgan fingerprint density at radius 1 is 1.00 bits per heavy atom. The lowest BCUT2D eigenvalue weighted by Gasteiger charge is -2.13. The van der Waals surface area contributed by atoms with Gasteiger partial charge in [-0.15, -0.1) is 0 Å². The molecule has 0 N–H and O–H groups in total. The van der Waals surface area contributed by atoms with E-state index in [1.54, 1.807) is 20.3 Å². The molecule has 3 aromatic carbocycles. The number of methoxy groups -OCH3 is 2. The Balaban J connectivity index is 1.45. The molecule has 0 saturated heterocycles. The van der Waals surface area contributed by atoms with Crippen LogP contribution in [0.15, 0.2) is 66.6 Å². The number of Topliss-reactive ketones (excluding diaryl/α,β-unsaturated/α-hetero) is 1. The van der Waals surface area contributed by atoms with E-state index in [1.807, 2.05) is 67.7 Å². The number of aryl methyl sites for hydroxylation is 1. The molecule has 6 nitrogen and oxygen atoms in total. The first-order valence-electron chi connectivity index (χ1n) is 11.5. The van der Waals surface area contributed by atoms with Gasteiger partial charge in [-0.2, -0.15) is 0 Å². The third kappa shape index (κ3) is 4.01. The molecule has 0 saturated carbocycles. The summed E-state index contributed by atoms with van der Waals surface area (Å²) >= 11 is 0. The van der Waals surface area contributed by atoms with E-state index in [0.29, 0.717) is 29.4 Å². The average Bonchev–Trinajstić information content (AvgIpc) is 3.41. The molecule has 178 valence electrons. The Kier molecular flexibility index (Phi) is 5.95. The van der Waals surface area contributed by atoms with Gasteiger partial charge in [0, 0.05) is 40.3 Å². The number of nitrogens with zero attached hydrogens (tertiary/aromatic N) is 1. The standard InChI is InChI=1S/C29H27NO5/c1-5-30-16-20(23-15-21(32-3)10-12-24(23)30)14-27-28(31)22-11-13-25(18(2)29(22)35-27)34-17-19-8-6-7-9-26(19)33-4/h6-16H,5,17H2,1-4H3. The van der Waals surface area contributed by atoms with Gasteiger partial charge in [0.1, 0.15) is 29.6 Å². The van der Waals surface area contributed by atoms with E-state index >= 15 is 0 Å². The fourth-order valence-corrected chi connectivity index (χ4v) is 4.45. The molecule has 0 unspecified atom stereocenters. The second kappa shape index (κ2) is 9.22. The van der Waals surface area contributed by atoms with E-state index in [-0.39, 0.29) is 5.78 Å². The summed E-state index contributed by atoms with van der Waals surface area (Å²) in [6.07, 6.45) is 3.84. The molecule has 35 heavy (non-hydrogen) atoms. The highest BCUT2D eigenvalue weighted by Crippen LogP contribution is 2.40. The molecule has 1 aromatic heterocycles. The highest BCUT2D eigenvalue weighted by molar-refractivity contribution is 6.15. The van der Waals surface area contributed by atoms with Gasteiger partial charge >= 0.3 is 0 Å². The van der Waals surface area contributed by atoms with Crippen molar-refractivity contribution >= 4 is 22.8 Å². The lowest BCUT2D eigenvalue weighted by Crippen LogP contribution is -2.00. The molecule has 5 rings (SSSR count). The van der Waals surface area contributed by atoms with Crippen molar-refractivity contribution in [1.29, 1.82) is 0 Å². The van der Waals surface area contributed by atoms with Gasteiger partial charge in [-0.25, -0.2) is 0 Å². The quantitative estimate of drug-likeness (QED) is 0.303. The number of para-hydroxylation sites is 1. The first-order chi connectivity index (χ1) is 17.0. The number of ketones is 1. The van der Waals surface area contributed by atoms with Gasteiger partial charge in [0.25, 0.3) is 0 Å². The second-order valence-electron chi connectivity index (χ2n) is 8.36. The lowest BCUT2D eigenvalue weighted by atomic mass is 10.1. The maximum atomic E-state index is 13.2. The van der Waals surface area contributed by atoms with E-state index in [1.165, 1.54) is 0 Å². The van der Waals surface area contributed by atoms with Gasteiger partial charge in [0.05, 0.1) is 19.8 Å². The molecule has 0 spiro atoms. The number of benzene rings is 3. The monoisotopic (exact) mass is 469 g/mol. The van der Waals surface area contributed by atoms with Gasteiger partial charge < -0.3 is 23.5 Å². The number of hydrogen-bond donors (Lipinski definition) is 0. The van der Waals surface area contributed by atoms with Crippen LogP contribution in [0.3, 0.4) is 0 Å². The summed E-state index contributed by atoms with van der Waals surface area (Å²) < 4.78 is 25.1. The van der Waals surface area contributed by atoms with Gasteiger partial charge in [-0.1, -0.05) is 18.2 Å². The molecule has 0 aliphatic carbocycles. The van der Waals surface area contributed by atoms with Gasteiger partial charge in [0.15, 0.2) is 5.76 Å². The van der Waals surface area contributed by atoms with E-state index in [2.05, 4.69) is 11.5 Å². The topological polar surface area (TPSA) is 58.9 Å². The minimum Gasteiger partial charge on any atom is -0.497 e. The van der Waals surface area contributed by atoms with Crippen LogP contribution in [-0.4, -0.2) is 24.6 Å². The largest absolute Gasteiger partial charge is 0.497 e. The third-order valence-corrected chi connectivity index (χ3v) is 6.36. The maximum Gasteiger partial charge on any atom is 0.231 e. The number of allylic oxidation sites excluding steroid dienone is 1. The van der Waals surface area contributed by atoms with Crippen molar-refractivity contribution in [3.05, 3.63) is 88.8 Å². The second-order valence-corrected chi connectivity index (χ2v) is 8.36. The van der Waals surface area contributed by atoms with E-state index in [9.17, 15) is 4.79 Å². The van der Waals surface area contributed by atoms with Crippen LogP contribution in [-0.2, 0) is 13.2 Å². The van der Waals surface area contributed by atoms with Crippen LogP contribution in [0.1, 0.15) is 34.0 Å². The van der Waals surface area contributed by atoms with Crippen LogP contribution in [0.4, 0.5) is 0 Å². The smallest absolute Gasteiger partial charge is 0.231 e. The molecule has 4 aromatic rings. The molecule has 0 amide bonds. The molecule has 0 fully saturated rings. The Morgan fingerprint density at radius 2 is 1.83 bits per heavy atom. The molecule has 2 heterocycles. The minimum atomic E-state index is -0.139. The Morgan fingerprint density at radius 3 is 2.60 bits per heavy atom. The summed E-state index contributed by atoms with van der Waals surface area (Å²) in [5.41, 5.74) is 4.24. The van der Waals surface area contributed by atoms with E-state index in [4.69, 9.17) is 18.9 Å². The number of ether oxygens (including phenoxy) is 4. The summed E-state index contributed by atoms with van der Waals surface area (Å²) in [4.78, 5) is 13.2. The lowest BCUT2D eigenvalue weighted by molar-refractivity contribution is 0.101. The van der Waals surface area contributed by atoms with Crippen molar-refractivity contribution in [2.24, 2.45) is 0 Å². The molecule has 1 aliphatic heterocycles. The zero-order valence-electron chi connectivity index (χ0n) is 20.3. The fraction of sp³-hybridized carbons (Fsp3) is 0.207. The van der Waals surface area contributed by atoms with Crippen molar-refractivity contribution in [3.63, 3.8) is 0 Å². The fourth-order valence-electron chi connectivity index (χ4n) is 4.45. The first-order valence-corrected chi connectivity index (χ1v) is 11.5. The summed E-state index contributed by atoms with van der Waals surface area (Å²) in [7, 11) is 3.29. The number of aromatic nitrogens is 1. The molecule has 0 radical (unpaired) electrons. The third-order valence-electron chi connectivity index (χ3n) is 6.36. The van der Waals surface area contributed by atoms with Gasteiger partial charge in [0.2, 0.25) is 5.78 Å².